The standard InChI is InChI=1S/C20H30OSi2.2C18H26OSi2.C14H34OSi2.3C12H30OSi2.7CH4/c1-15-9-11-19(13-17(15)3)22(5,6)21-23(7,8)20-12-10-16(2)18(4)14-20;2*1-15-7-11-17(12-8-15)20(3,4)19-21(5,6)18-13-9-16(2)10-14-18;1-7-9-11-13-16(3,4)15-17(5,6)14-12-10-8-2;3*1-7-9-11-14(3,4)13-15(5,6)12-10-8-2;;;;;;;/h9-14H,1-8H3;2*7-14H,1-6H3;7-14H2,1-6H3;3*7-12H2,1-6H3;7*1H4. The third-order valence-corrected chi connectivity index (χ3v) is 77.4. The van der Waals surface area contributed by atoms with Crippen LogP contribution in [0.25, 0.3) is 0 Å². The number of rotatable bonds is 46. The average molecular weight is 2100 g/mol. The van der Waals surface area contributed by atoms with Crippen molar-refractivity contribution in [3.05, 3.63) is 178 Å². The molecule has 0 aromatic heterocycles. The molecule has 6 rings (SSSR count). The molecule has 0 unspecified atom stereocenters. The first-order valence-electron chi connectivity index (χ1n) is 50.6. The van der Waals surface area contributed by atoms with Crippen molar-refractivity contribution in [1.29, 1.82) is 0 Å². The van der Waals surface area contributed by atoms with Gasteiger partial charge in [0, 0.05) is 0 Å². The van der Waals surface area contributed by atoms with Gasteiger partial charge in [-0.1, -0.05) is 379 Å². The highest BCUT2D eigenvalue weighted by molar-refractivity contribution is 6.99. The molecular formula is C113H234O7Si14. The van der Waals surface area contributed by atoms with Crippen molar-refractivity contribution in [3.63, 3.8) is 0 Å². The molecule has 0 atom stereocenters. The minimum absolute atomic E-state index is 0. The summed E-state index contributed by atoms with van der Waals surface area (Å²) in [4.78, 5) is 0. The van der Waals surface area contributed by atoms with E-state index in [9.17, 15) is 0 Å². The Balaban J connectivity index is -0.000000230. The zero-order valence-electron chi connectivity index (χ0n) is 91.9. The minimum atomic E-state index is -1.92. The number of aryl methyl sites for hydroxylation is 8. The van der Waals surface area contributed by atoms with Crippen molar-refractivity contribution in [1.82, 2.24) is 0 Å². The van der Waals surface area contributed by atoms with Crippen LogP contribution in [-0.4, -0.2) is 116 Å². The van der Waals surface area contributed by atoms with Crippen LogP contribution in [0.5, 0.6) is 0 Å². The van der Waals surface area contributed by atoms with E-state index in [0.29, 0.717) is 0 Å². The van der Waals surface area contributed by atoms with Crippen LogP contribution in [0.3, 0.4) is 0 Å². The monoisotopic (exact) mass is 2100 g/mol. The first-order chi connectivity index (χ1) is 58.3. The second kappa shape index (κ2) is 69.2. The highest BCUT2D eigenvalue weighted by atomic mass is 28.5. The van der Waals surface area contributed by atoms with Gasteiger partial charge >= 0.3 is 0 Å². The van der Waals surface area contributed by atoms with Crippen molar-refractivity contribution in [2.75, 3.05) is 0 Å². The van der Waals surface area contributed by atoms with Crippen LogP contribution in [0.4, 0.5) is 0 Å². The van der Waals surface area contributed by atoms with Crippen LogP contribution in [0.15, 0.2) is 133 Å². The van der Waals surface area contributed by atoms with Crippen molar-refractivity contribution >= 4 is 148 Å². The van der Waals surface area contributed by atoms with E-state index in [1.807, 2.05) is 0 Å². The molecule has 0 N–H and O–H groups in total. The van der Waals surface area contributed by atoms with E-state index in [1.54, 1.807) is 0 Å². The molecule has 0 spiro atoms. The van der Waals surface area contributed by atoms with Crippen molar-refractivity contribution in [3.8, 4) is 0 Å². The van der Waals surface area contributed by atoms with Crippen molar-refractivity contribution in [2.45, 2.75) is 510 Å². The Hall–Kier alpha value is -1.92. The quantitative estimate of drug-likeness (QED) is 0.0279. The van der Waals surface area contributed by atoms with Crippen molar-refractivity contribution < 1.29 is 28.8 Å². The van der Waals surface area contributed by atoms with E-state index < -0.39 is 116 Å². The van der Waals surface area contributed by atoms with Crippen LogP contribution in [0, 0.1) is 55.4 Å². The van der Waals surface area contributed by atoms with Gasteiger partial charge in [0.05, 0.1) is 0 Å². The number of hydrogen-bond donors (Lipinski definition) is 0. The highest BCUT2D eigenvalue weighted by Gasteiger charge is 2.41. The second-order valence-corrected chi connectivity index (χ2v) is 105. The molecular weight excluding hydrogens is 1860 g/mol. The van der Waals surface area contributed by atoms with E-state index in [1.165, 1.54) is 240 Å². The van der Waals surface area contributed by atoms with E-state index in [4.69, 9.17) is 28.8 Å². The summed E-state index contributed by atoms with van der Waals surface area (Å²) >= 11 is 0. The van der Waals surface area contributed by atoms with Gasteiger partial charge < -0.3 is 28.8 Å². The molecule has 0 aliphatic rings. The predicted octanol–water partition coefficient (Wildman–Crippen LogP) is 37.4. The minimum Gasteiger partial charge on any atom is -0.455 e. The third-order valence-electron chi connectivity index (χ3n) is 24.7. The molecule has 0 amide bonds. The summed E-state index contributed by atoms with van der Waals surface area (Å²) < 4.78 is 46.5. The summed E-state index contributed by atoms with van der Waals surface area (Å²) in [6.07, 6.45) is 24.0. The number of hydrogen-bond acceptors (Lipinski definition) is 7. The van der Waals surface area contributed by atoms with Crippen LogP contribution < -0.4 is 31.1 Å². The second-order valence-electron chi connectivity index (χ2n) is 45.5. The van der Waals surface area contributed by atoms with Gasteiger partial charge in [-0.05, 0) is 340 Å². The smallest absolute Gasteiger partial charge is 0.206 e. The maximum absolute atomic E-state index is 6.86. The average Bonchev–Trinajstić information content (AvgIpc) is 0.801. The molecule has 0 aliphatic carbocycles. The molecule has 134 heavy (non-hydrogen) atoms. The molecule has 21 heteroatoms. The maximum atomic E-state index is 6.86. The molecule has 0 bridgehead atoms. The molecule has 784 valence electrons. The summed E-state index contributed by atoms with van der Waals surface area (Å²) in [5.74, 6) is 0. The fourth-order valence-electron chi connectivity index (χ4n) is 16.9. The lowest BCUT2D eigenvalue weighted by atomic mass is 10.1. The fraction of sp³-hybridized carbons (Fsp3) is 0.681. The summed E-state index contributed by atoms with van der Waals surface area (Å²) in [5, 5.41) is 8.29. The predicted molar refractivity (Wildman–Crippen MR) is 661 cm³/mol. The molecule has 7 nitrogen and oxygen atoms in total. The topological polar surface area (TPSA) is 64.6 Å². The van der Waals surface area contributed by atoms with E-state index >= 15 is 0 Å². The molecule has 0 saturated carbocycles. The van der Waals surface area contributed by atoms with Gasteiger partial charge in [-0.2, -0.15) is 0 Å². The first-order valence-corrected chi connectivity index (χ1v) is 93.0. The molecule has 6 aromatic rings. The summed E-state index contributed by atoms with van der Waals surface area (Å²) in [7, 11) is -22.2. The Kier molecular flexibility index (Phi) is 76.1. The van der Waals surface area contributed by atoms with Gasteiger partial charge in [-0.25, -0.2) is 0 Å². The lowest BCUT2D eigenvalue weighted by molar-refractivity contribution is 0.525. The van der Waals surface area contributed by atoms with Gasteiger partial charge in [0.1, 0.15) is 0 Å². The first kappa shape index (κ1) is 147. The number of benzene rings is 6. The lowest BCUT2D eigenvalue weighted by Gasteiger charge is -2.35. The Morgan fingerprint density at radius 1 is 0.157 bits per heavy atom. The van der Waals surface area contributed by atoms with Crippen LogP contribution in [-0.2, 0) is 28.8 Å². The largest absolute Gasteiger partial charge is 0.455 e. The Morgan fingerprint density at radius 2 is 0.291 bits per heavy atom. The summed E-state index contributed by atoms with van der Waals surface area (Å²) in [6, 6.07) is 59.8. The van der Waals surface area contributed by atoms with Crippen molar-refractivity contribution in [2.24, 2.45) is 0 Å². The van der Waals surface area contributed by atoms with Crippen LogP contribution in [0.2, 0.25) is 232 Å². The zero-order valence-corrected chi connectivity index (χ0v) is 106. The lowest BCUT2D eigenvalue weighted by Crippen LogP contribution is -2.57. The van der Waals surface area contributed by atoms with Gasteiger partial charge in [0.2, 0.25) is 49.9 Å². The fourth-order valence-corrected chi connectivity index (χ4v) is 77.7. The molecule has 0 aliphatic heterocycles. The SMILES string of the molecule is C.C.C.C.C.C.C.CCCCC[Si](C)(C)O[Si](C)(C)CCCCC.CCCC[Si](C)(C)O[Si](C)(C)CCCC.CCCC[Si](C)(C)O[Si](C)(C)CCCC.CCCC[Si](C)(C)O[Si](C)(C)CCCC.Cc1ccc([Si](C)(C)O[Si](C)(C)c2ccc(C)c(C)c2)cc1C.Cc1ccc([Si](C)(C)O[Si](C)(C)c2ccc(C)cc2)cc1.Cc1ccc([Si](C)(C)O[Si](C)(C)c2ccc(C)cc2)cc1. The van der Waals surface area contributed by atoms with E-state index in [0.717, 1.165) is 0 Å². The Bertz CT molecular complexity index is 3480. The normalized spacial score (nSPS) is 12.1. The van der Waals surface area contributed by atoms with Gasteiger partial charge in [0.15, 0.2) is 66.5 Å². The van der Waals surface area contributed by atoms with Gasteiger partial charge in [-0.15, -0.1) is 0 Å². The van der Waals surface area contributed by atoms with Crippen LogP contribution in [0.1, 0.15) is 267 Å². The Labute approximate surface area is 857 Å². The summed E-state index contributed by atoms with van der Waals surface area (Å²) in [5.41, 5.74) is 10.6. The molecule has 0 fully saturated rings. The van der Waals surface area contributed by atoms with Gasteiger partial charge in [-0.3, -0.25) is 0 Å². The zero-order chi connectivity index (χ0) is 98.0. The molecule has 0 heterocycles. The molecule has 0 saturated heterocycles. The number of unbranched alkanes of at least 4 members (excludes halogenated alkanes) is 10. The van der Waals surface area contributed by atoms with E-state index in [-0.39, 0.29) is 52.0 Å². The molecule has 6 aromatic carbocycles. The van der Waals surface area contributed by atoms with Crippen LogP contribution >= 0.6 is 0 Å². The third kappa shape index (κ3) is 64.0. The summed E-state index contributed by atoms with van der Waals surface area (Å²) in [6.45, 7) is 102. The Morgan fingerprint density at radius 3 is 0.433 bits per heavy atom. The van der Waals surface area contributed by atoms with Gasteiger partial charge in [0.25, 0.3) is 0 Å². The molecule has 0 radical (unpaired) electrons. The highest BCUT2D eigenvalue weighted by Crippen LogP contribution is 2.31. The maximum Gasteiger partial charge on any atom is 0.206 e. The van der Waals surface area contributed by atoms with E-state index in [2.05, 4.69) is 428 Å².